The van der Waals surface area contributed by atoms with Crippen molar-refractivity contribution in [3.63, 3.8) is 0 Å². The van der Waals surface area contributed by atoms with Crippen LogP contribution in [0.3, 0.4) is 0 Å². The molecule has 0 saturated carbocycles. The van der Waals surface area contributed by atoms with E-state index in [-0.39, 0.29) is 15.8 Å². The second-order valence-electron chi connectivity index (χ2n) is 4.84. The van der Waals surface area contributed by atoms with Gasteiger partial charge in [0.1, 0.15) is 6.04 Å². The minimum Gasteiger partial charge on any atom is -0.358 e. The van der Waals surface area contributed by atoms with Crippen LogP contribution in [-0.4, -0.2) is 32.4 Å². The van der Waals surface area contributed by atoms with Gasteiger partial charge in [0.2, 0.25) is 5.91 Å². The van der Waals surface area contributed by atoms with Gasteiger partial charge in [-0.2, -0.15) is 4.72 Å². The highest BCUT2D eigenvalue weighted by Gasteiger charge is 2.28. The zero-order valence-corrected chi connectivity index (χ0v) is 13.4. The maximum absolute atomic E-state index is 12.2. The average Bonchev–Trinajstić information content (AvgIpc) is 2.66. The lowest BCUT2D eigenvalue weighted by Gasteiger charge is -2.18. The topological polar surface area (TPSA) is 108 Å². The van der Waals surface area contributed by atoms with E-state index in [9.17, 15) is 18.0 Å². The molecule has 7 nitrogen and oxygen atoms in total. The fourth-order valence-electron chi connectivity index (χ4n) is 1.74. The quantitative estimate of drug-likeness (QED) is 0.694. The molecule has 0 bridgehead atoms. The third-order valence-electron chi connectivity index (χ3n) is 2.59. The predicted molar refractivity (Wildman–Crippen MR) is 77.3 cm³/mol. The number of amides is 1. The molecule has 1 amide bonds. The monoisotopic (exact) mass is 321 g/mol. The summed E-state index contributed by atoms with van der Waals surface area (Å²) < 4.78 is 26.8. The molecule has 3 N–H and O–H groups in total. The number of carbonyl (C=O) groups is 1. The number of H-pyrrole nitrogens is 1. The highest BCUT2D eigenvalue weighted by Crippen LogP contribution is 2.17. The van der Waals surface area contributed by atoms with Gasteiger partial charge in [0, 0.05) is 12.7 Å². The summed E-state index contributed by atoms with van der Waals surface area (Å²) in [5.41, 5.74) is 0.271. The number of thiazole rings is 1. The van der Waals surface area contributed by atoms with E-state index in [0.717, 1.165) is 0 Å². The Kier molecular flexibility index (Phi) is 5.49. The Hall–Kier alpha value is -1.19. The molecular formula is C11H19N3O4S2. The van der Waals surface area contributed by atoms with Gasteiger partial charge in [-0.15, -0.1) is 0 Å². The molecule has 0 aromatic carbocycles. The number of likely N-dealkylation sites (N-methyl/N-ethyl adjacent to an activating group) is 1. The lowest BCUT2D eigenvalue weighted by molar-refractivity contribution is -0.122. The van der Waals surface area contributed by atoms with Gasteiger partial charge in [-0.1, -0.05) is 25.2 Å². The SMILES string of the molecule is CNC(=O)C(CC(C)C)NS(=O)(=O)c1sc(=O)[nH]c1C. The Bertz CT molecular complexity index is 630. The summed E-state index contributed by atoms with van der Waals surface area (Å²) in [6, 6.07) is -0.860. The summed E-state index contributed by atoms with van der Waals surface area (Å²) >= 11 is 0.608. The number of aromatic nitrogens is 1. The van der Waals surface area contributed by atoms with Crippen LogP contribution in [0.25, 0.3) is 0 Å². The average molecular weight is 321 g/mol. The molecule has 1 aromatic heterocycles. The number of aryl methyl sites for hydroxylation is 1. The molecule has 114 valence electrons. The smallest absolute Gasteiger partial charge is 0.305 e. The number of hydrogen-bond acceptors (Lipinski definition) is 5. The summed E-state index contributed by atoms with van der Waals surface area (Å²) in [5.74, 6) is -0.256. The van der Waals surface area contributed by atoms with E-state index in [4.69, 9.17) is 0 Å². The van der Waals surface area contributed by atoms with E-state index < -0.39 is 26.8 Å². The summed E-state index contributed by atoms with van der Waals surface area (Å²) in [6.45, 7) is 5.29. The van der Waals surface area contributed by atoms with Crippen LogP contribution in [0.5, 0.6) is 0 Å². The normalized spacial score (nSPS) is 13.4. The zero-order valence-electron chi connectivity index (χ0n) is 11.8. The lowest BCUT2D eigenvalue weighted by atomic mass is 10.0. The van der Waals surface area contributed by atoms with Crippen molar-refractivity contribution in [2.24, 2.45) is 5.92 Å². The second-order valence-corrected chi connectivity index (χ2v) is 7.74. The molecule has 1 atom stereocenters. The molecule has 1 rings (SSSR count). The molecule has 9 heteroatoms. The molecular weight excluding hydrogens is 302 g/mol. The van der Waals surface area contributed by atoms with Crippen LogP contribution in [0, 0.1) is 12.8 Å². The van der Waals surface area contributed by atoms with Gasteiger partial charge in [0.15, 0.2) is 4.21 Å². The number of carbonyl (C=O) groups excluding carboxylic acids is 1. The number of sulfonamides is 1. The van der Waals surface area contributed by atoms with Gasteiger partial charge in [0.25, 0.3) is 10.0 Å². The van der Waals surface area contributed by atoms with Gasteiger partial charge >= 0.3 is 4.87 Å². The van der Waals surface area contributed by atoms with Crippen LogP contribution in [0.2, 0.25) is 0 Å². The van der Waals surface area contributed by atoms with Crippen molar-refractivity contribution in [3.05, 3.63) is 15.4 Å². The van der Waals surface area contributed by atoms with E-state index in [2.05, 4.69) is 15.0 Å². The molecule has 0 radical (unpaired) electrons. The highest BCUT2D eigenvalue weighted by atomic mass is 32.2. The third-order valence-corrected chi connectivity index (χ3v) is 5.67. The molecule has 1 heterocycles. The lowest BCUT2D eigenvalue weighted by Crippen LogP contribution is -2.46. The Labute approximate surface area is 121 Å². The molecule has 0 spiro atoms. The first-order valence-electron chi connectivity index (χ1n) is 6.11. The van der Waals surface area contributed by atoms with E-state index in [1.807, 2.05) is 13.8 Å². The molecule has 1 aromatic rings. The van der Waals surface area contributed by atoms with Crippen molar-refractivity contribution < 1.29 is 13.2 Å². The molecule has 0 saturated heterocycles. The molecule has 20 heavy (non-hydrogen) atoms. The highest BCUT2D eigenvalue weighted by molar-refractivity contribution is 7.91. The number of hydrogen-bond donors (Lipinski definition) is 3. The fourth-order valence-corrected chi connectivity index (χ4v) is 4.27. The van der Waals surface area contributed by atoms with Crippen LogP contribution in [-0.2, 0) is 14.8 Å². The number of rotatable bonds is 6. The summed E-state index contributed by atoms with van der Waals surface area (Å²) in [7, 11) is -2.45. The van der Waals surface area contributed by atoms with Crippen LogP contribution >= 0.6 is 11.3 Å². The van der Waals surface area contributed by atoms with Crippen molar-refractivity contribution in [2.45, 2.75) is 37.4 Å². The largest absolute Gasteiger partial charge is 0.358 e. The standard InChI is InChI=1S/C11H19N3O4S2/c1-6(2)5-8(9(15)12-4)14-20(17,18)10-7(3)13-11(16)19-10/h6,8,14H,5H2,1-4H3,(H,12,15)(H,13,16). The Morgan fingerprint density at radius 2 is 2.00 bits per heavy atom. The summed E-state index contributed by atoms with van der Waals surface area (Å²) in [5, 5.41) is 2.43. The van der Waals surface area contributed by atoms with Crippen molar-refractivity contribution in [1.29, 1.82) is 0 Å². The Morgan fingerprint density at radius 1 is 1.40 bits per heavy atom. The summed E-state index contributed by atoms with van der Waals surface area (Å²) in [6.07, 6.45) is 0.372. The van der Waals surface area contributed by atoms with Crippen molar-refractivity contribution in [2.75, 3.05) is 7.05 Å². The first-order chi connectivity index (χ1) is 9.17. The molecule has 0 aliphatic heterocycles. The molecule has 0 aliphatic rings. The van der Waals surface area contributed by atoms with Crippen molar-refractivity contribution in [3.8, 4) is 0 Å². The van der Waals surface area contributed by atoms with Gasteiger partial charge in [-0.05, 0) is 19.3 Å². The van der Waals surface area contributed by atoms with Gasteiger partial charge in [0.05, 0.1) is 0 Å². The zero-order chi connectivity index (χ0) is 15.5. The predicted octanol–water partition coefficient (Wildman–Crippen LogP) is 0.184. The Balaban J connectivity index is 3.05. The summed E-state index contributed by atoms with van der Waals surface area (Å²) in [4.78, 5) is 24.9. The first-order valence-corrected chi connectivity index (χ1v) is 8.41. The van der Waals surface area contributed by atoms with Crippen LogP contribution in [0.1, 0.15) is 26.0 Å². The third kappa shape index (κ3) is 4.15. The minimum absolute atomic E-state index is 0.0832. The Morgan fingerprint density at radius 3 is 2.40 bits per heavy atom. The van der Waals surface area contributed by atoms with E-state index in [1.165, 1.54) is 14.0 Å². The van der Waals surface area contributed by atoms with E-state index in [0.29, 0.717) is 17.8 Å². The van der Waals surface area contributed by atoms with Gasteiger partial charge in [-0.3, -0.25) is 9.59 Å². The first kappa shape index (κ1) is 16.9. The van der Waals surface area contributed by atoms with Crippen LogP contribution in [0.15, 0.2) is 9.00 Å². The van der Waals surface area contributed by atoms with Gasteiger partial charge < -0.3 is 10.3 Å². The second kappa shape index (κ2) is 6.51. The van der Waals surface area contributed by atoms with Crippen molar-refractivity contribution in [1.82, 2.24) is 15.0 Å². The maximum Gasteiger partial charge on any atom is 0.305 e. The van der Waals surface area contributed by atoms with Crippen LogP contribution < -0.4 is 14.9 Å². The number of nitrogens with one attached hydrogen (secondary N) is 3. The minimum atomic E-state index is -3.89. The maximum atomic E-state index is 12.2. The fraction of sp³-hybridized carbons (Fsp3) is 0.636. The van der Waals surface area contributed by atoms with Gasteiger partial charge in [-0.25, -0.2) is 8.42 Å². The molecule has 0 aliphatic carbocycles. The van der Waals surface area contributed by atoms with E-state index >= 15 is 0 Å². The van der Waals surface area contributed by atoms with Crippen molar-refractivity contribution >= 4 is 27.3 Å². The van der Waals surface area contributed by atoms with Crippen LogP contribution in [0.4, 0.5) is 0 Å². The molecule has 0 fully saturated rings. The molecule has 1 unspecified atom stereocenters. The van der Waals surface area contributed by atoms with E-state index in [1.54, 1.807) is 0 Å². The number of aromatic amines is 1.